The quantitative estimate of drug-likeness (QED) is 0.856. The second-order valence-corrected chi connectivity index (χ2v) is 6.38. The highest BCUT2D eigenvalue weighted by Crippen LogP contribution is 2.15. The van der Waals surface area contributed by atoms with Gasteiger partial charge in [-0.2, -0.15) is 0 Å². The first-order valence-corrected chi connectivity index (χ1v) is 8.18. The first-order chi connectivity index (χ1) is 11.0. The van der Waals surface area contributed by atoms with Gasteiger partial charge in [0.25, 0.3) is 5.91 Å². The Morgan fingerprint density at radius 3 is 2.04 bits per heavy atom. The summed E-state index contributed by atoms with van der Waals surface area (Å²) >= 11 is 0. The summed E-state index contributed by atoms with van der Waals surface area (Å²) in [6.45, 7) is 6.90. The van der Waals surface area contributed by atoms with Crippen molar-refractivity contribution in [3.8, 4) is 0 Å². The van der Waals surface area contributed by atoms with Crippen molar-refractivity contribution >= 4 is 5.91 Å². The molecule has 23 heavy (non-hydrogen) atoms. The fourth-order valence-corrected chi connectivity index (χ4v) is 2.54. The van der Waals surface area contributed by atoms with E-state index in [0.29, 0.717) is 18.0 Å². The summed E-state index contributed by atoms with van der Waals surface area (Å²) in [4.78, 5) is 12.2. The van der Waals surface area contributed by atoms with Crippen LogP contribution in [0, 0.1) is 0 Å². The van der Waals surface area contributed by atoms with Crippen molar-refractivity contribution in [2.24, 2.45) is 5.73 Å². The Kier molecular flexibility index (Phi) is 5.94. The van der Waals surface area contributed by atoms with Gasteiger partial charge in [-0.15, -0.1) is 0 Å². The molecule has 1 amide bonds. The van der Waals surface area contributed by atoms with Crippen molar-refractivity contribution in [2.75, 3.05) is 0 Å². The average Bonchev–Trinajstić information content (AvgIpc) is 2.55. The third-order valence-electron chi connectivity index (χ3n) is 4.02. The van der Waals surface area contributed by atoms with Crippen molar-refractivity contribution in [2.45, 2.75) is 45.7 Å². The number of hydrogen-bond donors (Lipinski definition) is 2. The lowest BCUT2D eigenvalue weighted by molar-refractivity contribution is 0.0940. The molecule has 1 unspecified atom stereocenters. The summed E-state index contributed by atoms with van der Waals surface area (Å²) in [7, 11) is 0. The van der Waals surface area contributed by atoms with E-state index in [4.69, 9.17) is 5.73 Å². The summed E-state index contributed by atoms with van der Waals surface area (Å²) in [5.41, 5.74) is 9.84. The molecule has 122 valence electrons. The Bertz CT molecular complexity index is 630. The molecule has 0 fully saturated rings. The molecule has 0 saturated heterocycles. The SMILES string of the molecule is CC(Cc1ccc(C(C)C)cc1)NC(=O)c1ccc(CN)cc1. The topological polar surface area (TPSA) is 55.1 Å². The fourth-order valence-electron chi connectivity index (χ4n) is 2.54. The highest BCUT2D eigenvalue weighted by Gasteiger charge is 2.10. The molecule has 3 nitrogen and oxygen atoms in total. The maximum atomic E-state index is 12.2. The molecule has 0 aromatic heterocycles. The number of carbonyl (C=O) groups excluding carboxylic acids is 1. The Hall–Kier alpha value is -2.13. The van der Waals surface area contributed by atoms with E-state index in [9.17, 15) is 4.79 Å². The van der Waals surface area contributed by atoms with Gasteiger partial charge in [-0.3, -0.25) is 4.79 Å². The van der Waals surface area contributed by atoms with Crippen LogP contribution in [-0.4, -0.2) is 11.9 Å². The summed E-state index contributed by atoms with van der Waals surface area (Å²) in [5.74, 6) is 0.498. The first-order valence-electron chi connectivity index (χ1n) is 8.18. The molecule has 0 aliphatic rings. The van der Waals surface area contributed by atoms with Gasteiger partial charge in [0.1, 0.15) is 0 Å². The highest BCUT2D eigenvalue weighted by molar-refractivity contribution is 5.94. The van der Waals surface area contributed by atoms with Gasteiger partial charge < -0.3 is 11.1 Å². The minimum atomic E-state index is -0.0418. The Balaban J connectivity index is 1.92. The highest BCUT2D eigenvalue weighted by atomic mass is 16.1. The van der Waals surface area contributed by atoms with E-state index in [1.54, 1.807) is 0 Å². The molecule has 0 heterocycles. The van der Waals surface area contributed by atoms with E-state index < -0.39 is 0 Å². The Morgan fingerprint density at radius 2 is 1.52 bits per heavy atom. The number of nitrogens with two attached hydrogens (primary N) is 1. The minimum absolute atomic E-state index is 0.0418. The predicted molar refractivity (Wildman–Crippen MR) is 95.5 cm³/mol. The minimum Gasteiger partial charge on any atom is -0.349 e. The van der Waals surface area contributed by atoms with E-state index in [0.717, 1.165) is 12.0 Å². The van der Waals surface area contributed by atoms with Gasteiger partial charge in [-0.1, -0.05) is 50.2 Å². The molecule has 0 bridgehead atoms. The summed E-state index contributed by atoms with van der Waals surface area (Å²) in [6.07, 6.45) is 0.824. The summed E-state index contributed by atoms with van der Waals surface area (Å²) < 4.78 is 0. The van der Waals surface area contributed by atoms with Gasteiger partial charge in [0.15, 0.2) is 0 Å². The molecule has 3 heteroatoms. The van der Waals surface area contributed by atoms with Crippen molar-refractivity contribution in [1.29, 1.82) is 0 Å². The lowest BCUT2D eigenvalue weighted by Gasteiger charge is -2.15. The van der Waals surface area contributed by atoms with Crippen LogP contribution in [0.1, 0.15) is 53.7 Å². The molecule has 0 aliphatic carbocycles. The van der Waals surface area contributed by atoms with Gasteiger partial charge in [0.05, 0.1) is 0 Å². The molecule has 1 atom stereocenters. The molecule has 2 aromatic rings. The number of amides is 1. The molecule has 0 spiro atoms. The van der Waals surface area contributed by atoms with Crippen LogP contribution < -0.4 is 11.1 Å². The Labute approximate surface area is 138 Å². The van der Waals surface area contributed by atoms with Crippen LogP contribution in [0.2, 0.25) is 0 Å². The van der Waals surface area contributed by atoms with Gasteiger partial charge >= 0.3 is 0 Å². The first kappa shape index (κ1) is 17.2. The van der Waals surface area contributed by atoms with Crippen LogP contribution in [0.25, 0.3) is 0 Å². The van der Waals surface area contributed by atoms with E-state index in [2.05, 4.69) is 43.4 Å². The zero-order chi connectivity index (χ0) is 16.8. The van der Waals surface area contributed by atoms with Gasteiger partial charge in [-0.25, -0.2) is 0 Å². The zero-order valence-electron chi connectivity index (χ0n) is 14.2. The summed E-state index contributed by atoms with van der Waals surface area (Å²) in [5, 5.41) is 3.05. The van der Waals surface area contributed by atoms with Crippen LogP contribution in [0.15, 0.2) is 48.5 Å². The number of carbonyl (C=O) groups is 1. The molecule has 2 rings (SSSR count). The standard InChI is InChI=1S/C20H26N2O/c1-14(2)18-8-4-16(5-9-18)12-15(3)22-20(23)19-10-6-17(13-21)7-11-19/h4-11,14-15H,12-13,21H2,1-3H3,(H,22,23). The van der Waals surface area contributed by atoms with Crippen LogP contribution in [0.3, 0.4) is 0 Å². The lowest BCUT2D eigenvalue weighted by Crippen LogP contribution is -2.34. The largest absolute Gasteiger partial charge is 0.349 e. The van der Waals surface area contributed by atoms with E-state index in [-0.39, 0.29) is 11.9 Å². The second kappa shape index (κ2) is 7.93. The van der Waals surface area contributed by atoms with Crippen LogP contribution >= 0.6 is 0 Å². The molecular formula is C20H26N2O. The molecule has 0 aliphatic heterocycles. The van der Waals surface area contributed by atoms with Crippen molar-refractivity contribution in [3.63, 3.8) is 0 Å². The van der Waals surface area contributed by atoms with E-state index >= 15 is 0 Å². The van der Waals surface area contributed by atoms with Gasteiger partial charge in [0, 0.05) is 18.2 Å². The van der Waals surface area contributed by atoms with E-state index in [1.165, 1.54) is 11.1 Å². The summed E-state index contributed by atoms with van der Waals surface area (Å²) in [6, 6.07) is 16.1. The Morgan fingerprint density at radius 1 is 0.957 bits per heavy atom. The van der Waals surface area contributed by atoms with Crippen LogP contribution in [0.5, 0.6) is 0 Å². The van der Waals surface area contributed by atoms with Crippen molar-refractivity contribution < 1.29 is 4.79 Å². The van der Waals surface area contributed by atoms with Crippen LogP contribution in [-0.2, 0) is 13.0 Å². The number of hydrogen-bond acceptors (Lipinski definition) is 2. The predicted octanol–water partition coefficient (Wildman–Crippen LogP) is 3.63. The smallest absolute Gasteiger partial charge is 0.251 e. The van der Waals surface area contributed by atoms with Crippen LogP contribution in [0.4, 0.5) is 0 Å². The lowest BCUT2D eigenvalue weighted by atomic mass is 9.99. The fraction of sp³-hybridized carbons (Fsp3) is 0.350. The van der Waals surface area contributed by atoms with E-state index in [1.807, 2.05) is 31.2 Å². The normalized spacial score (nSPS) is 12.2. The van der Waals surface area contributed by atoms with Crippen molar-refractivity contribution in [3.05, 3.63) is 70.8 Å². The molecule has 2 aromatic carbocycles. The molecular weight excluding hydrogens is 284 g/mol. The number of benzene rings is 2. The van der Waals surface area contributed by atoms with Gasteiger partial charge in [-0.05, 0) is 48.1 Å². The maximum Gasteiger partial charge on any atom is 0.251 e. The number of nitrogens with one attached hydrogen (secondary N) is 1. The van der Waals surface area contributed by atoms with Crippen molar-refractivity contribution in [1.82, 2.24) is 5.32 Å². The second-order valence-electron chi connectivity index (χ2n) is 6.38. The maximum absolute atomic E-state index is 12.2. The molecule has 0 saturated carbocycles. The van der Waals surface area contributed by atoms with Gasteiger partial charge in [0.2, 0.25) is 0 Å². The molecule has 0 radical (unpaired) electrons. The zero-order valence-corrected chi connectivity index (χ0v) is 14.2. The third kappa shape index (κ3) is 4.93. The third-order valence-corrected chi connectivity index (χ3v) is 4.02. The monoisotopic (exact) mass is 310 g/mol. The average molecular weight is 310 g/mol. The molecule has 3 N–H and O–H groups in total. The number of rotatable bonds is 6.